The lowest BCUT2D eigenvalue weighted by Crippen LogP contribution is -2.55. The second-order valence-corrected chi connectivity index (χ2v) is 9.40. The first-order valence-corrected chi connectivity index (χ1v) is 12.2. The Morgan fingerprint density at radius 3 is 2.84 bits per heavy atom. The minimum absolute atomic E-state index is 0.134. The van der Waals surface area contributed by atoms with Gasteiger partial charge in [-0.2, -0.15) is 0 Å². The third-order valence-electron chi connectivity index (χ3n) is 6.28. The van der Waals surface area contributed by atoms with E-state index >= 15 is 0 Å². The number of phenols is 1. The van der Waals surface area contributed by atoms with Gasteiger partial charge in [0.1, 0.15) is 5.75 Å². The first-order chi connectivity index (χ1) is 15.5. The first kappa shape index (κ1) is 22.8. The van der Waals surface area contributed by atoms with E-state index < -0.39 is 5.54 Å². The molecule has 2 aromatic carbocycles. The van der Waals surface area contributed by atoms with Crippen molar-refractivity contribution in [2.24, 2.45) is 4.99 Å². The molecule has 2 N–H and O–H groups in total. The molecule has 1 saturated heterocycles. The highest BCUT2D eigenvalue weighted by Gasteiger charge is 2.46. The van der Waals surface area contributed by atoms with Gasteiger partial charge in [-0.25, -0.2) is 4.79 Å². The zero-order chi connectivity index (χ0) is 22.7. The molecule has 0 amide bonds. The van der Waals surface area contributed by atoms with Crippen molar-refractivity contribution in [1.29, 1.82) is 0 Å². The maximum Gasteiger partial charge on any atom is 0.339 e. The number of phenolic OH excluding ortho intramolecular Hbond substituents is 1. The zero-order valence-electron chi connectivity index (χ0n) is 18.8. The van der Waals surface area contributed by atoms with Crippen LogP contribution in [0.1, 0.15) is 43.5 Å². The highest BCUT2D eigenvalue weighted by atomic mass is 32.2. The molecule has 170 valence electrons. The van der Waals surface area contributed by atoms with Gasteiger partial charge < -0.3 is 15.2 Å². The Kier molecular flexibility index (Phi) is 6.88. The number of carbonyl (C=O) groups is 1. The molecule has 2 heterocycles. The molecular weight excluding hydrogens is 422 g/mol. The lowest BCUT2D eigenvalue weighted by atomic mass is 9.82. The predicted molar refractivity (Wildman–Crippen MR) is 129 cm³/mol. The molecule has 0 saturated carbocycles. The monoisotopic (exact) mass is 453 g/mol. The summed E-state index contributed by atoms with van der Waals surface area (Å²) in [6.07, 6.45) is 0. The zero-order valence-corrected chi connectivity index (χ0v) is 19.6. The van der Waals surface area contributed by atoms with E-state index in [0.29, 0.717) is 18.4 Å². The average molecular weight is 454 g/mol. The molecule has 0 aromatic heterocycles. The molecule has 4 atom stereocenters. The van der Waals surface area contributed by atoms with Crippen LogP contribution in [0.2, 0.25) is 0 Å². The molecule has 0 bridgehead atoms. The number of aliphatic imine (C=N–C) groups is 1. The molecule has 2 aromatic rings. The normalized spacial score (nSPS) is 26.7. The van der Waals surface area contributed by atoms with Crippen LogP contribution in [0.5, 0.6) is 5.75 Å². The lowest BCUT2D eigenvalue weighted by molar-refractivity contribution is -0.148. The number of piperazine rings is 1. The largest absolute Gasteiger partial charge is 0.508 e. The van der Waals surface area contributed by atoms with Crippen molar-refractivity contribution in [3.8, 4) is 5.75 Å². The number of nitrogens with zero attached hydrogens (tertiary/aromatic N) is 2. The average Bonchev–Trinajstić information content (AvgIpc) is 3.28. The highest BCUT2D eigenvalue weighted by Crippen LogP contribution is 2.43. The fourth-order valence-corrected chi connectivity index (χ4v) is 5.63. The Hall–Kier alpha value is -2.35. The van der Waals surface area contributed by atoms with Gasteiger partial charge in [0, 0.05) is 30.9 Å². The van der Waals surface area contributed by atoms with E-state index in [1.807, 2.05) is 43.3 Å². The lowest BCUT2D eigenvalue weighted by Gasteiger charge is -2.44. The van der Waals surface area contributed by atoms with Crippen LogP contribution in [0, 0.1) is 0 Å². The molecule has 4 unspecified atom stereocenters. The first-order valence-electron chi connectivity index (χ1n) is 11.2. The summed E-state index contributed by atoms with van der Waals surface area (Å²) in [5.74, 6) is 0.434. The van der Waals surface area contributed by atoms with Crippen molar-refractivity contribution in [1.82, 2.24) is 10.2 Å². The van der Waals surface area contributed by atoms with Gasteiger partial charge in [0.2, 0.25) is 0 Å². The van der Waals surface area contributed by atoms with E-state index in [-0.39, 0.29) is 23.8 Å². The molecule has 4 rings (SSSR count). The summed E-state index contributed by atoms with van der Waals surface area (Å²) in [5.41, 5.74) is 3.58. The molecule has 6 nitrogen and oxygen atoms in total. The molecule has 0 spiro atoms. The van der Waals surface area contributed by atoms with Crippen LogP contribution < -0.4 is 5.32 Å². The number of hydrogen-bond acceptors (Lipinski definition) is 7. The van der Waals surface area contributed by atoms with Gasteiger partial charge in [-0.1, -0.05) is 36.4 Å². The summed E-state index contributed by atoms with van der Waals surface area (Å²) in [4.78, 5) is 20.3. The number of aromatic hydroxyl groups is 1. The molecule has 1 fully saturated rings. The molecule has 7 heteroatoms. The second kappa shape index (κ2) is 9.65. The quantitative estimate of drug-likeness (QED) is 0.650. The van der Waals surface area contributed by atoms with E-state index in [1.165, 1.54) is 11.8 Å². The van der Waals surface area contributed by atoms with Gasteiger partial charge in [-0.3, -0.25) is 9.89 Å². The SMILES string of the molecule is CCOC(=O)C1(c2ccccc2C(c2cccc(O)c2)N2CC(C)NCC2C)CSC=N1. The molecule has 0 radical (unpaired) electrons. The van der Waals surface area contributed by atoms with Gasteiger partial charge >= 0.3 is 5.97 Å². The Morgan fingerprint density at radius 1 is 1.31 bits per heavy atom. The highest BCUT2D eigenvalue weighted by molar-refractivity contribution is 8.12. The molecular formula is C25H31N3O3S. The van der Waals surface area contributed by atoms with Crippen molar-refractivity contribution < 1.29 is 14.6 Å². The van der Waals surface area contributed by atoms with E-state index in [1.54, 1.807) is 11.6 Å². The summed E-state index contributed by atoms with van der Waals surface area (Å²) in [6.45, 7) is 8.24. The predicted octanol–water partition coefficient (Wildman–Crippen LogP) is 3.70. The van der Waals surface area contributed by atoms with Crippen molar-refractivity contribution in [3.05, 3.63) is 65.2 Å². The maximum absolute atomic E-state index is 13.2. The van der Waals surface area contributed by atoms with Crippen molar-refractivity contribution in [3.63, 3.8) is 0 Å². The molecule has 2 aliphatic rings. The Balaban J connectivity index is 1.89. The van der Waals surface area contributed by atoms with Gasteiger partial charge in [0.05, 0.1) is 18.2 Å². The number of esters is 1. The Morgan fingerprint density at radius 2 is 2.12 bits per heavy atom. The van der Waals surface area contributed by atoms with E-state index in [2.05, 4.69) is 35.1 Å². The number of benzene rings is 2. The van der Waals surface area contributed by atoms with Crippen LogP contribution in [0.4, 0.5) is 0 Å². The number of thioether (sulfide) groups is 1. The van der Waals surface area contributed by atoms with Crippen molar-refractivity contribution in [2.75, 3.05) is 25.4 Å². The van der Waals surface area contributed by atoms with Crippen LogP contribution in [0.15, 0.2) is 53.5 Å². The molecule has 2 aliphatic heterocycles. The Labute approximate surface area is 194 Å². The van der Waals surface area contributed by atoms with Crippen LogP contribution in [-0.4, -0.2) is 59.1 Å². The van der Waals surface area contributed by atoms with Crippen LogP contribution in [0.25, 0.3) is 0 Å². The third-order valence-corrected chi connectivity index (χ3v) is 7.12. The van der Waals surface area contributed by atoms with Gasteiger partial charge in [-0.15, -0.1) is 11.8 Å². The van der Waals surface area contributed by atoms with Crippen molar-refractivity contribution >= 4 is 23.3 Å². The fourth-order valence-electron chi connectivity index (χ4n) is 4.71. The van der Waals surface area contributed by atoms with E-state index in [0.717, 1.165) is 29.8 Å². The van der Waals surface area contributed by atoms with Gasteiger partial charge in [0.25, 0.3) is 0 Å². The minimum Gasteiger partial charge on any atom is -0.508 e. The number of nitrogens with one attached hydrogen (secondary N) is 1. The van der Waals surface area contributed by atoms with Crippen LogP contribution in [-0.2, 0) is 15.1 Å². The molecule has 0 aliphatic carbocycles. The minimum atomic E-state index is -1.06. The number of hydrogen-bond donors (Lipinski definition) is 2. The van der Waals surface area contributed by atoms with Crippen LogP contribution >= 0.6 is 11.8 Å². The van der Waals surface area contributed by atoms with E-state index in [9.17, 15) is 9.90 Å². The van der Waals surface area contributed by atoms with Gasteiger partial charge in [-0.05, 0) is 49.6 Å². The van der Waals surface area contributed by atoms with Crippen molar-refractivity contribution in [2.45, 2.75) is 44.4 Å². The molecule has 32 heavy (non-hydrogen) atoms. The second-order valence-electron chi connectivity index (χ2n) is 8.57. The summed E-state index contributed by atoms with van der Waals surface area (Å²) < 4.78 is 5.50. The maximum atomic E-state index is 13.2. The third kappa shape index (κ3) is 4.29. The number of rotatable bonds is 6. The summed E-state index contributed by atoms with van der Waals surface area (Å²) in [7, 11) is 0. The smallest absolute Gasteiger partial charge is 0.339 e. The van der Waals surface area contributed by atoms with Crippen LogP contribution in [0.3, 0.4) is 0 Å². The number of carbonyl (C=O) groups excluding carboxylic acids is 1. The summed E-state index contributed by atoms with van der Waals surface area (Å²) in [6, 6.07) is 16.0. The van der Waals surface area contributed by atoms with E-state index in [4.69, 9.17) is 4.74 Å². The fraction of sp³-hybridized carbons (Fsp3) is 0.440. The standard InChI is InChI=1S/C25H31N3O3S/c1-4-31-24(30)25(15-32-16-27-25)22-11-6-5-10-21(22)23(19-8-7-9-20(29)12-19)28-14-17(2)26-13-18(28)3/h5-12,16-18,23,26,29H,4,13-15H2,1-3H3. The topological polar surface area (TPSA) is 74.2 Å². The number of ether oxygens (including phenoxy) is 1. The summed E-state index contributed by atoms with van der Waals surface area (Å²) in [5, 5.41) is 13.8. The van der Waals surface area contributed by atoms with Gasteiger partial charge in [0.15, 0.2) is 5.54 Å². The summed E-state index contributed by atoms with van der Waals surface area (Å²) >= 11 is 1.53. The Bertz CT molecular complexity index is 998.